The number of rotatable bonds is 6. The SMILES string of the molecule is COC(=O)[C@@H](CC(C)C)NS(=O)(=O)c1ccc(C#N)cc1. The molecule has 0 amide bonds. The maximum absolute atomic E-state index is 12.2. The minimum Gasteiger partial charge on any atom is -0.468 e. The van der Waals surface area contributed by atoms with Crippen molar-refractivity contribution in [3.05, 3.63) is 29.8 Å². The van der Waals surface area contributed by atoms with Crippen molar-refractivity contribution < 1.29 is 17.9 Å². The molecule has 0 aromatic heterocycles. The Morgan fingerprint density at radius 3 is 2.33 bits per heavy atom. The smallest absolute Gasteiger partial charge is 0.323 e. The summed E-state index contributed by atoms with van der Waals surface area (Å²) >= 11 is 0. The third-order valence-corrected chi connectivity index (χ3v) is 4.27. The van der Waals surface area contributed by atoms with Crippen molar-refractivity contribution in [2.45, 2.75) is 31.2 Å². The molecule has 0 saturated carbocycles. The lowest BCUT2D eigenvalue weighted by Crippen LogP contribution is -2.42. The summed E-state index contributed by atoms with van der Waals surface area (Å²) in [6.07, 6.45) is 0.335. The number of hydrogen-bond acceptors (Lipinski definition) is 5. The fourth-order valence-corrected chi connectivity index (χ4v) is 2.97. The van der Waals surface area contributed by atoms with E-state index in [0.717, 1.165) is 0 Å². The first kappa shape index (κ1) is 17.1. The van der Waals surface area contributed by atoms with Gasteiger partial charge in [0, 0.05) is 0 Å². The molecule has 0 spiro atoms. The van der Waals surface area contributed by atoms with Crippen LogP contribution in [0.25, 0.3) is 0 Å². The Balaban J connectivity index is 2.99. The normalized spacial score (nSPS) is 12.7. The number of methoxy groups -OCH3 is 1. The molecule has 1 N–H and O–H groups in total. The second-order valence-corrected chi connectivity index (χ2v) is 6.68. The Bertz CT molecular complexity index is 630. The van der Waals surface area contributed by atoms with Crippen LogP contribution < -0.4 is 4.72 Å². The average molecular weight is 310 g/mol. The zero-order valence-electron chi connectivity index (χ0n) is 12.2. The minimum atomic E-state index is -3.85. The topological polar surface area (TPSA) is 96.3 Å². The second-order valence-electron chi connectivity index (χ2n) is 4.96. The third-order valence-electron chi connectivity index (χ3n) is 2.78. The maximum atomic E-state index is 12.2. The van der Waals surface area contributed by atoms with Gasteiger partial charge < -0.3 is 4.74 Å². The van der Waals surface area contributed by atoms with Gasteiger partial charge in [-0.15, -0.1) is 0 Å². The van der Waals surface area contributed by atoms with Gasteiger partial charge in [-0.1, -0.05) is 13.8 Å². The van der Waals surface area contributed by atoms with E-state index in [-0.39, 0.29) is 10.8 Å². The number of hydrogen-bond donors (Lipinski definition) is 1. The van der Waals surface area contributed by atoms with Crippen LogP contribution in [0.3, 0.4) is 0 Å². The number of nitrogens with one attached hydrogen (secondary N) is 1. The highest BCUT2D eigenvalue weighted by atomic mass is 32.2. The van der Waals surface area contributed by atoms with E-state index in [1.807, 2.05) is 19.9 Å². The molecule has 0 fully saturated rings. The van der Waals surface area contributed by atoms with Crippen molar-refractivity contribution in [3.63, 3.8) is 0 Å². The van der Waals surface area contributed by atoms with E-state index in [0.29, 0.717) is 12.0 Å². The predicted octanol–water partition coefficient (Wildman–Crippen LogP) is 1.42. The molecule has 114 valence electrons. The van der Waals surface area contributed by atoms with Crippen molar-refractivity contribution in [3.8, 4) is 6.07 Å². The lowest BCUT2D eigenvalue weighted by molar-refractivity contribution is -0.143. The van der Waals surface area contributed by atoms with Gasteiger partial charge in [-0.3, -0.25) is 4.79 Å². The summed E-state index contributed by atoms with van der Waals surface area (Å²) in [6, 6.07) is 6.44. The lowest BCUT2D eigenvalue weighted by atomic mass is 10.1. The number of carbonyl (C=O) groups is 1. The highest BCUT2D eigenvalue weighted by molar-refractivity contribution is 7.89. The molecule has 0 heterocycles. The molecule has 21 heavy (non-hydrogen) atoms. The zero-order chi connectivity index (χ0) is 16.0. The van der Waals surface area contributed by atoms with Crippen molar-refractivity contribution >= 4 is 16.0 Å². The number of nitriles is 1. The summed E-state index contributed by atoms with van der Waals surface area (Å²) in [4.78, 5) is 11.7. The Labute approximate surface area is 124 Å². The van der Waals surface area contributed by atoms with Crippen molar-refractivity contribution in [1.29, 1.82) is 5.26 Å². The predicted molar refractivity (Wildman–Crippen MR) is 76.7 cm³/mol. The van der Waals surface area contributed by atoms with Crippen LogP contribution in [0.2, 0.25) is 0 Å². The lowest BCUT2D eigenvalue weighted by Gasteiger charge is -2.18. The largest absolute Gasteiger partial charge is 0.468 e. The Morgan fingerprint density at radius 1 is 1.33 bits per heavy atom. The standard InChI is InChI=1S/C14H18N2O4S/c1-10(2)8-13(14(17)20-3)16-21(18,19)12-6-4-11(9-15)5-7-12/h4-7,10,13,16H,8H2,1-3H3/t13-/m1/s1. The zero-order valence-corrected chi connectivity index (χ0v) is 13.0. The van der Waals surface area contributed by atoms with Gasteiger partial charge in [-0.2, -0.15) is 9.98 Å². The van der Waals surface area contributed by atoms with Crippen molar-refractivity contribution in [2.24, 2.45) is 5.92 Å². The summed E-state index contributed by atoms with van der Waals surface area (Å²) in [5.41, 5.74) is 0.362. The summed E-state index contributed by atoms with van der Waals surface area (Å²) in [5.74, 6) is -0.501. The van der Waals surface area contributed by atoms with E-state index in [1.165, 1.54) is 31.4 Å². The van der Waals surface area contributed by atoms with Gasteiger partial charge in [0.1, 0.15) is 6.04 Å². The number of nitrogens with zero attached hydrogens (tertiary/aromatic N) is 1. The molecule has 0 aliphatic carbocycles. The molecule has 1 aromatic carbocycles. The molecule has 7 heteroatoms. The molecular formula is C14H18N2O4S. The quantitative estimate of drug-likeness (QED) is 0.802. The Kier molecular flexibility index (Phi) is 5.88. The molecule has 0 bridgehead atoms. The summed E-state index contributed by atoms with van der Waals surface area (Å²) in [6.45, 7) is 3.76. The van der Waals surface area contributed by atoms with Crippen LogP contribution in [0, 0.1) is 17.2 Å². The summed E-state index contributed by atoms with van der Waals surface area (Å²) in [5, 5.41) is 8.70. The molecule has 1 rings (SSSR count). The van der Waals surface area contributed by atoms with E-state index in [2.05, 4.69) is 9.46 Å². The molecule has 6 nitrogen and oxygen atoms in total. The van der Waals surface area contributed by atoms with Gasteiger partial charge in [0.2, 0.25) is 10.0 Å². The minimum absolute atomic E-state index is 0.000779. The molecule has 0 radical (unpaired) electrons. The number of carbonyl (C=O) groups excluding carboxylic acids is 1. The second kappa shape index (κ2) is 7.20. The molecule has 0 saturated heterocycles. The van der Waals surface area contributed by atoms with E-state index in [9.17, 15) is 13.2 Å². The van der Waals surface area contributed by atoms with Crippen molar-refractivity contribution in [2.75, 3.05) is 7.11 Å². The van der Waals surface area contributed by atoms with Crippen LogP contribution in [-0.4, -0.2) is 27.5 Å². The number of sulfonamides is 1. The third kappa shape index (κ3) is 4.85. The fraction of sp³-hybridized carbons (Fsp3) is 0.429. The summed E-state index contributed by atoms with van der Waals surface area (Å²) < 4.78 is 31.5. The van der Waals surface area contributed by atoms with Gasteiger partial charge in [-0.25, -0.2) is 8.42 Å². The number of esters is 1. The van der Waals surface area contributed by atoms with Crippen LogP contribution in [0.4, 0.5) is 0 Å². The van der Waals surface area contributed by atoms with Crippen molar-refractivity contribution in [1.82, 2.24) is 4.72 Å². The number of benzene rings is 1. The molecule has 0 aliphatic rings. The molecular weight excluding hydrogens is 292 g/mol. The van der Waals surface area contributed by atoms with E-state index < -0.39 is 22.0 Å². The number of ether oxygens (including phenoxy) is 1. The van der Waals surface area contributed by atoms with Crippen LogP contribution in [0.1, 0.15) is 25.8 Å². The fourth-order valence-electron chi connectivity index (χ4n) is 1.77. The van der Waals surface area contributed by atoms with Gasteiger partial charge in [-0.05, 0) is 36.6 Å². The highest BCUT2D eigenvalue weighted by Crippen LogP contribution is 2.13. The molecule has 0 unspecified atom stereocenters. The van der Waals surface area contributed by atoms with Crippen LogP contribution in [0.15, 0.2) is 29.2 Å². The van der Waals surface area contributed by atoms with Crippen LogP contribution in [0.5, 0.6) is 0 Å². The van der Waals surface area contributed by atoms with Crippen LogP contribution in [-0.2, 0) is 19.6 Å². The summed E-state index contributed by atoms with van der Waals surface area (Å²) in [7, 11) is -2.63. The van der Waals surface area contributed by atoms with Gasteiger partial charge in [0.25, 0.3) is 0 Å². The van der Waals surface area contributed by atoms with Gasteiger partial charge in [0.05, 0.1) is 23.6 Å². The maximum Gasteiger partial charge on any atom is 0.323 e. The molecule has 1 aromatic rings. The van der Waals surface area contributed by atoms with E-state index in [4.69, 9.17) is 5.26 Å². The molecule has 0 aliphatic heterocycles. The molecule has 1 atom stereocenters. The van der Waals surface area contributed by atoms with E-state index in [1.54, 1.807) is 0 Å². The van der Waals surface area contributed by atoms with E-state index >= 15 is 0 Å². The first-order valence-corrected chi connectivity index (χ1v) is 7.88. The first-order valence-electron chi connectivity index (χ1n) is 6.40. The Hall–Kier alpha value is -1.91. The van der Waals surface area contributed by atoms with Gasteiger partial charge >= 0.3 is 5.97 Å². The monoisotopic (exact) mass is 310 g/mol. The highest BCUT2D eigenvalue weighted by Gasteiger charge is 2.27. The first-order chi connectivity index (χ1) is 9.80. The Morgan fingerprint density at radius 2 is 1.90 bits per heavy atom. The average Bonchev–Trinajstić information content (AvgIpc) is 2.45. The van der Waals surface area contributed by atoms with Gasteiger partial charge in [0.15, 0.2) is 0 Å². The van der Waals surface area contributed by atoms with Crippen LogP contribution >= 0.6 is 0 Å².